The lowest BCUT2D eigenvalue weighted by molar-refractivity contribution is 0.0442. The molecule has 0 spiro atoms. The first-order chi connectivity index (χ1) is 19.0. The molecule has 2 rings (SSSR count). The third-order valence-corrected chi connectivity index (χ3v) is 5.71. The summed E-state index contributed by atoms with van der Waals surface area (Å²) in [4.78, 5) is 38.0. The van der Waals surface area contributed by atoms with E-state index in [0.717, 1.165) is 11.1 Å². The third-order valence-electron chi connectivity index (χ3n) is 5.71. The quantitative estimate of drug-likeness (QED) is 0.270. The van der Waals surface area contributed by atoms with Crippen molar-refractivity contribution in [1.82, 2.24) is 15.5 Å². The molecule has 0 saturated carbocycles. The number of carbonyl (C=O) groups is 3. The van der Waals surface area contributed by atoms with Gasteiger partial charge in [0.25, 0.3) is 0 Å². The number of rotatable bonds is 14. The summed E-state index contributed by atoms with van der Waals surface area (Å²) in [5, 5.41) is 13.8. The minimum Gasteiger partial charge on any atom is -0.497 e. The number of benzene rings is 2. The average Bonchev–Trinajstić information content (AvgIpc) is 2.90. The molecule has 1 atom stereocenters. The van der Waals surface area contributed by atoms with Gasteiger partial charge in [0.1, 0.15) is 23.7 Å². The van der Waals surface area contributed by atoms with Crippen LogP contribution in [0.15, 0.2) is 48.5 Å². The van der Waals surface area contributed by atoms with Crippen LogP contribution in [0, 0.1) is 0 Å². The Bertz CT molecular complexity index is 1020. The van der Waals surface area contributed by atoms with E-state index < -0.39 is 29.9 Å². The fourth-order valence-corrected chi connectivity index (χ4v) is 3.73. The molecule has 0 bridgehead atoms. The van der Waals surface area contributed by atoms with Crippen LogP contribution < -0.4 is 20.1 Å². The molecular formula is C29H41N3O8. The van der Waals surface area contributed by atoms with Gasteiger partial charge in [0.05, 0.1) is 20.3 Å². The summed E-state index contributed by atoms with van der Waals surface area (Å²) >= 11 is 0. The van der Waals surface area contributed by atoms with Gasteiger partial charge in [-0.05, 0) is 75.4 Å². The van der Waals surface area contributed by atoms with E-state index in [0.29, 0.717) is 43.9 Å². The number of hydrogen-bond donors (Lipinski definition) is 3. The number of nitrogens with one attached hydrogen (secondary N) is 2. The standard InChI is InChI=1S/C29H41N3O8/c1-29(2,3)40-27(35)31-23(8-6-7-17-30-26(33)34)20-39-28(36)32(18-21-9-13-24(37-4)14-10-21)19-22-11-15-25(38-5)16-12-22/h9-16,23,30H,6-8,17-20H2,1-5H3,(H,31,35)(H,33,34)/t23-/m0/s1. The van der Waals surface area contributed by atoms with Crippen molar-refractivity contribution in [2.24, 2.45) is 0 Å². The van der Waals surface area contributed by atoms with Crippen LogP contribution in [0.4, 0.5) is 14.4 Å². The van der Waals surface area contributed by atoms with Gasteiger partial charge in [0, 0.05) is 19.6 Å². The molecule has 0 saturated heterocycles. The number of nitrogens with zero attached hydrogens (tertiary/aromatic N) is 1. The van der Waals surface area contributed by atoms with E-state index >= 15 is 0 Å². The lowest BCUT2D eigenvalue weighted by Crippen LogP contribution is -2.43. The number of unbranched alkanes of at least 4 members (excludes halogenated alkanes) is 1. The summed E-state index contributed by atoms with van der Waals surface area (Å²) < 4.78 is 21.5. The molecule has 0 aliphatic carbocycles. The fraction of sp³-hybridized carbons (Fsp3) is 0.483. The lowest BCUT2D eigenvalue weighted by atomic mass is 10.1. The molecule has 220 valence electrons. The van der Waals surface area contributed by atoms with Crippen LogP contribution in [0.2, 0.25) is 0 Å². The second kappa shape index (κ2) is 16.1. The van der Waals surface area contributed by atoms with Crippen LogP contribution in [0.3, 0.4) is 0 Å². The molecule has 0 aliphatic heterocycles. The molecule has 11 nitrogen and oxygen atoms in total. The van der Waals surface area contributed by atoms with E-state index in [4.69, 9.17) is 24.1 Å². The maximum absolute atomic E-state index is 13.3. The smallest absolute Gasteiger partial charge is 0.410 e. The van der Waals surface area contributed by atoms with E-state index in [2.05, 4.69) is 10.6 Å². The highest BCUT2D eigenvalue weighted by Crippen LogP contribution is 2.18. The predicted octanol–water partition coefficient (Wildman–Crippen LogP) is 5.17. The van der Waals surface area contributed by atoms with Gasteiger partial charge >= 0.3 is 18.3 Å². The molecule has 0 unspecified atom stereocenters. The Morgan fingerprint density at radius 1 is 0.875 bits per heavy atom. The van der Waals surface area contributed by atoms with E-state index in [-0.39, 0.29) is 13.2 Å². The Hall–Kier alpha value is -4.15. The summed E-state index contributed by atoms with van der Waals surface area (Å²) in [6.07, 6.45) is -0.634. The first-order valence-electron chi connectivity index (χ1n) is 13.1. The van der Waals surface area contributed by atoms with Gasteiger partial charge in [-0.3, -0.25) is 4.90 Å². The van der Waals surface area contributed by atoms with Crippen molar-refractivity contribution in [3.05, 3.63) is 59.7 Å². The lowest BCUT2D eigenvalue weighted by Gasteiger charge is -2.26. The maximum atomic E-state index is 13.3. The van der Waals surface area contributed by atoms with Gasteiger partial charge in [-0.25, -0.2) is 14.4 Å². The molecule has 3 N–H and O–H groups in total. The molecule has 11 heteroatoms. The summed E-state index contributed by atoms with van der Waals surface area (Å²) in [6, 6.07) is 14.3. The van der Waals surface area contributed by atoms with Gasteiger partial charge in [-0.1, -0.05) is 24.3 Å². The van der Waals surface area contributed by atoms with Crippen molar-refractivity contribution in [3.63, 3.8) is 0 Å². The van der Waals surface area contributed by atoms with Crippen molar-refractivity contribution >= 4 is 18.3 Å². The molecule has 2 aromatic rings. The number of methoxy groups -OCH3 is 2. The molecule has 0 heterocycles. The Kier molecular flexibility index (Phi) is 12.9. The number of alkyl carbamates (subject to hydrolysis) is 1. The van der Waals surface area contributed by atoms with Crippen molar-refractivity contribution in [3.8, 4) is 11.5 Å². The minimum absolute atomic E-state index is 0.0772. The Labute approximate surface area is 235 Å². The molecule has 0 aliphatic rings. The minimum atomic E-state index is -1.09. The number of amides is 3. The predicted molar refractivity (Wildman–Crippen MR) is 150 cm³/mol. The highest BCUT2D eigenvalue weighted by Gasteiger charge is 2.23. The van der Waals surface area contributed by atoms with Gasteiger partial charge in [-0.2, -0.15) is 0 Å². The molecule has 40 heavy (non-hydrogen) atoms. The molecule has 3 amide bonds. The van der Waals surface area contributed by atoms with Gasteiger partial charge < -0.3 is 34.7 Å². The first kappa shape index (κ1) is 32.1. The second-order valence-corrected chi connectivity index (χ2v) is 10.2. The summed E-state index contributed by atoms with van der Waals surface area (Å²) in [5.74, 6) is 1.42. The van der Waals surface area contributed by atoms with Crippen LogP contribution in [-0.2, 0) is 22.6 Å². The average molecular weight is 560 g/mol. The molecule has 0 aromatic heterocycles. The number of ether oxygens (including phenoxy) is 4. The SMILES string of the molecule is COc1ccc(CN(Cc2ccc(OC)cc2)C(=O)OC[C@H](CCCCNC(=O)O)NC(=O)OC(C)(C)C)cc1. The number of carboxylic acid groups (broad SMARTS) is 1. The van der Waals surface area contributed by atoms with E-state index in [1.165, 1.54) is 0 Å². The highest BCUT2D eigenvalue weighted by molar-refractivity contribution is 5.69. The van der Waals surface area contributed by atoms with Crippen LogP contribution >= 0.6 is 0 Å². The van der Waals surface area contributed by atoms with Crippen LogP contribution in [0.5, 0.6) is 11.5 Å². The summed E-state index contributed by atoms with van der Waals surface area (Å²) in [5.41, 5.74) is 1.09. The second-order valence-electron chi connectivity index (χ2n) is 10.2. The molecule has 2 aromatic carbocycles. The highest BCUT2D eigenvalue weighted by atomic mass is 16.6. The van der Waals surface area contributed by atoms with Crippen LogP contribution in [0.1, 0.15) is 51.2 Å². The van der Waals surface area contributed by atoms with Crippen molar-refractivity contribution < 1.29 is 38.4 Å². The summed E-state index contributed by atoms with van der Waals surface area (Å²) in [6.45, 7) is 6.07. The first-order valence-corrected chi connectivity index (χ1v) is 13.1. The zero-order valence-electron chi connectivity index (χ0n) is 23.9. The number of carbonyl (C=O) groups excluding carboxylic acids is 2. The monoisotopic (exact) mass is 559 g/mol. The Balaban J connectivity index is 2.10. The molecular weight excluding hydrogens is 518 g/mol. The van der Waals surface area contributed by atoms with E-state index in [1.54, 1.807) is 39.9 Å². The van der Waals surface area contributed by atoms with Gasteiger partial charge in [0.2, 0.25) is 0 Å². The van der Waals surface area contributed by atoms with Gasteiger partial charge in [0.15, 0.2) is 0 Å². The molecule has 0 fully saturated rings. The van der Waals surface area contributed by atoms with E-state index in [9.17, 15) is 14.4 Å². The van der Waals surface area contributed by atoms with Crippen LogP contribution in [0.25, 0.3) is 0 Å². The van der Waals surface area contributed by atoms with Gasteiger partial charge in [-0.15, -0.1) is 0 Å². The van der Waals surface area contributed by atoms with Crippen molar-refractivity contribution in [2.75, 3.05) is 27.4 Å². The number of hydrogen-bond acceptors (Lipinski definition) is 7. The molecule has 0 radical (unpaired) electrons. The Morgan fingerprint density at radius 2 is 1.40 bits per heavy atom. The topological polar surface area (TPSA) is 136 Å². The third kappa shape index (κ3) is 12.6. The van der Waals surface area contributed by atoms with Crippen molar-refractivity contribution in [2.45, 2.75) is 64.8 Å². The largest absolute Gasteiger partial charge is 0.497 e. The van der Waals surface area contributed by atoms with Crippen molar-refractivity contribution in [1.29, 1.82) is 0 Å². The van der Waals surface area contributed by atoms with E-state index in [1.807, 2.05) is 48.5 Å². The zero-order chi connectivity index (χ0) is 29.5. The Morgan fingerprint density at radius 3 is 1.85 bits per heavy atom. The maximum Gasteiger partial charge on any atom is 0.410 e. The normalized spacial score (nSPS) is 11.6. The zero-order valence-corrected chi connectivity index (χ0v) is 23.9. The van der Waals surface area contributed by atoms with Crippen LogP contribution in [-0.4, -0.2) is 67.3 Å². The summed E-state index contributed by atoms with van der Waals surface area (Å²) in [7, 11) is 3.18. The fourth-order valence-electron chi connectivity index (χ4n) is 3.73.